The van der Waals surface area contributed by atoms with Crippen LogP contribution in [0.15, 0.2) is 84.3 Å². The van der Waals surface area contributed by atoms with Gasteiger partial charge in [0.05, 0.1) is 12.1 Å². The molecular formula is C32H37N3O5. The highest BCUT2D eigenvalue weighted by Gasteiger charge is 2.45. The van der Waals surface area contributed by atoms with E-state index >= 15 is 0 Å². The van der Waals surface area contributed by atoms with E-state index in [1.165, 1.54) is 7.11 Å². The van der Waals surface area contributed by atoms with E-state index in [0.717, 1.165) is 22.0 Å². The van der Waals surface area contributed by atoms with Crippen molar-refractivity contribution in [2.45, 2.75) is 51.1 Å². The maximum Gasteiger partial charge on any atom is 0.410 e. The van der Waals surface area contributed by atoms with Crippen LogP contribution in [-0.4, -0.2) is 59.7 Å². The molecule has 1 aliphatic heterocycles. The van der Waals surface area contributed by atoms with Crippen LogP contribution in [0.5, 0.6) is 0 Å². The molecule has 40 heavy (non-hydrogen) atoms. The number of rotatable bonds is 8. The molecular weight excluding hydrogens is 506 g/mol. The number of amides is 1. The predicted molar refractivity (Wildman–Crippen MR) is 157 cm³/mol. The largest absolute Gasteiger partial charge is 0.472 e. The van der Waals surface area contributed by atoms with Crippen molar-refractivity contribution >= 4 is 29.3 Å². The molecule has 8 heteroatoms. The summed E-state index contributed by atoms with van der Waals surface area (Å²) in [4.78, 5) is 23.0. The van der Waals surface area contributed by atoms with E-state index < -0.39 is 23.4 Å². The fourth-order valence-corrected chi connectivity index (χ4v) is 4.81. The molecule has 1 saturated heterocycles. The molecule has 1 aromatic heterocycles. The zero-order valence-electron chi connectivity index (χ0n) is 23.6. The van der Waals surface area contributed by atoms with Crippen LogP contribution in [0.3, 0.4) is 0 Å². The first-order valence-electron chi connectivity index (χ1n) is 13.2. The van der Waals surface area contributed by atoms with E-state index in [0.29, 0.717) is 36.6 Å². The Morgan fingerprint density at radius 1 is 1.23 bits per heavy atom. The number of allylic oxidation sites excluding steroid dienone is 2. The van der Waals surface area contributed by atoms with Gasteiger partial charge in [0.1, 0.15) is 23.9 Å². The van der Waals surface area contributed by atoms with Gasteiger partial charge < -0.3 is 24.2 Å². The summed E-state index contributed by atoms with van der Waals surface area (Å²) in [6.45, 7) is 14.0. The summed E-state index contributed by atoms with van der Waals surface area (Å²) in [7, 11) is 1.54. The number of nitrogens with zero attached hydrogens (tertiary/aromatic N) is 3. The first kappa shape index (κ1) is 29.0. The number of carbonyl (C=O) groups is 1. The Hall–Kier alpha value is -4.01. The van der Waals surface area contributed by atoms with Crippen molar-refractivity contribution in [2.75, 3.05) is 20.2 Å². The van der Waals surface area contributed by atoms with E-state index in [-0.39, 0.29) is 6.54 Å². The minimum Gasteiger partial charge on any atom is -0.472 e. The van der Waals surface area contributed by atoms with E-state index in [1.807, 2.05) is 75.4 Å². The topological polar surface area (TPSA) is 93.5 Å². The van der Waals surface area contributed by atoms with Crippen molar-refractivity contribution in [2.24, 2.45) is 4.99 Å². The molecule has 2 atom stereocenters. The molecule has 8 nitrogen and oxygen atoms in total. The van der Waals surface area contributed by atoms with Gasteiger partial charge in [-0.05, 0) is 56.8 Å². The van der Waals surface area contributed by atoms with Crippen molar-refractivity contribution in [1.82, 2.24) is 9.88 Å². The minimum atomic E-state index is -1.30. The van der Waals surface area contributed by atoms with E-state index in [4.69, 9.17) is 14.2 Å². The number of likely N-dealkylation sites (tertiary alicyclic amines) is 1. The number of benzene rings is 2. The zero-order valence-corrected chi connectivity index (χ0v) is 23.6. The summed E-state index contributed by atoms with van der Waals surface area (Å²) >= 11 is 0. The average Bonchev–Trinajstić information content (AvgIpc) is 2.94. The first-order valence-corrected chi connectivity index (χ1v) is 13.2. The van der Waals surface area contributed by atoms with Gasteiger partial charge in [-0.2, -0.15) is 0 Å². The zero-order chi connectivity index (χ0) is 28.9. The lowest BCUT2D eigenvalue weighted by Gasteiger charge is -2.44. The first-order chi connectivity index (χ1) is 19.1. The highest BCUT2D eigenvalue weighted by Crippen LogP contribution is 2.37. The molecule has 2 aromatic carbocycles. The van der Waals surface area contributed by atoms with Gasteiger partial charge in [-0.3, -0.25) is 4.98 Å². The number of methoxy groups -OCH3 is 1. The number of ether oxygens (including phenoxy) is 3. The van der Waals surface area contributed by atoms with Crippen LogP contribution in [-0.2, 0) is 26.4 Å². The fourth-order valence-electron chi connectivity index (χ4n) is 4.81. The van der Waals surface area contributed by atoms with Crippen LogP contribution < -0.4 is 0 Å². The van der Waals surface area contributed by atoms with Gasteiger partial charge in [-0.25, -0.2) is 9.79 Å². The van der Waals surface area contributed by atoms with Gasteiger partial charge >= 0.3 is 6.09 Å². The number of hydrogen-bond acceptors (Lipinski definition) is 7. The Morgan fingerprint density at radius 3 is 2.62 bits per heavy atom. The summed E-state index contributed by atoms with van der Waals surface area (Å²) in [5.74, 6) is 0.351. The van der Waals surface area contributed by atoms with E-state index in [1.54, 1.807) is 17.2 Å². The second kappa shape index (κ2) is 12.0. The highest BCUT2D eigenvalue weighted by molar-refractivity contribution is 5.86. The predicted octanol–water partition coefficient (Wildman–Crippen LogP) is 5.85. The molecule has 1 N–H and O–H groups in total. The monoisotopic (exact) mass is 543 g/mol. The number of carbonyl (C=O) groups excluding carboxylic acids is 1. The van der Waals surface area contributed by atoms with Crippen molar-refractivity contribution in [3.05, 3.63) is 96.0 Å². The second-order valence-electron chi connectivity index (χ2n) is 10.8. The van der Waals surface area contributed by atoms with Crippen molar-refractivity contribution < 1.29 is 24.1 Å². The Labute approximate surface area is 235 Å². The molecule has 4 rings (SSSR count). The third-order valence-corrected chi connectivity index (χ3v) is 6.91. The van der Waals surface area contributed by atoms with Gasteiger partial charge in [-0.1, -0.05) is 49.1 Å². The molecule has 0 saturated carbocycles. The van der Waals surface area contributed by atoms with Crippen LogP contribution in [0.2, 0.25) is 0 Å². The normalized spacial score (nSPS) is 20.0. The average molecular weight is 544 g/mol. The summed E-state index contributed by atoms with van der Waals surface area (Å²) in [5.41, 5.74) is 1.95. The summed E-state index contributed by atoms with van der Waals surface area (Å²) < 4.78 is 17.2. The molecule has 1 fully saturated rings. The highest BCUT2D eigenvalue weighted by atomic mass is 16.6. The lowest BCUT2D eigenvalue weighted by atomic mass is 9.81. The number of aliphatic imine (C=N–C) groups is 1. The van der Waals surface area contributed by atoms with Crippen molar-refractivity contribution in [3.8, 4) is 0 Å². The van der Waals surface area contributed by atoms with Gasteiger partial charge in [0.25, 0.3) is 0 Å². The van der Waals surface area contributed by atoms with Gasteiger partial charge in [0.15, 0.2) is 0 Å². The number of aliphatic hydroxyl groups is 1. The Balaban J connectivity index is 1.62. The third kappa shape index (κ3) is 6.41. The summed E-state index contributed by atoms with van der Waals surface area (Å²) in [6.07, 6.45) is 2.63. The quantitative estimate of drug-likeness (QED) is 0.218. The van der Waals surface area contributed by atoms with Gasteiger partial charge in [0, 0.05) is 42.8 Å². The summed E-state index contributed by atoms with van der Waals surface area (Å²) in [6, 6.07) is 17.4. The van der Waals surface area contributed by atoms with Gasteiger partial charge in [0.2, 0.25) is 5.88 Å². The number of piperidine rings is 1. The third-order valence-electron chi connectivity index (χ3n) is 6.91. The minimum absolute atomic E-state index is 0.203. The smallest absolute Gasteiger partial charge is 0.410 e. The molecule has 0 bridgehead atoms. The number of pyridine rings is 1. The molecule has 2 unspecified atom stereocenters. The maximum atomic E-state index is 12.7. The standard InChI is InChI=1S/C32H37N3O5/c1-7-26(29(33-5)39-21-22-11-9-8-10-12-22)24-17-23-18-25(13-14-27(23)34-19-24)32(37)15-16-35(20-28(32)38-6)30(36)40-31(2,3)4/h7-14,17-19,28,37H,1,5,15-16,20-21H2,2-4,6H3/b29-26-. The van der Waals surface area contributed by atoms with E-state index in [9.17, 15) is 9.90 Å². The van der Waals surface area contributed by atoms with Crippen LogP contribution in [0.4, 0.5) is 4.79 Å². The fraction of sp³-hybridized carbons (Fsp3) is 0.344. The lowest BCUT2D eigenvalue weighted by Crippen LogP contribution is -2.56. The molecule has 0 radical (unpaired) electrons. The Morgan fingerprint density at radius 2 is 1.98 bits per heavy atom. The van der Waals surface area contributed by atoms with E-state index in [2.05, 4.69) is 23.3 Å². The number of aromatic nitrogens is 1. The lowest BCUT2D eigenvalue weighted by molar-refractivity contribution is -0.137. The Kier molecular flexibility index (Phi) is 8.71. The van der Waals surface area contributed by atoms with Gasteiger partial charge in [-0.15, -0.1) is 0 Å². The molecule has 0 spiro atoms. The SMILES string of the molecule is C=C/C(=C(\N=C)OCc1ccccc1)c1cnc2ccc(C3(O)CCN(C(=O)OC(C)(C)C)CC3OC)cc2c1. The van der Waals surface area contributed by atoms with Crippen LogP contribution in [0.25, 0.3) is 16.5 Å². The van der Waals surface area contributed by atoms with Crippen molar-refractivity contribution in [3.63, 3.8) is 0 Å². The molecule has 1 aliphatic rings. The molecule has 0 aliphatic carbocycles. The van der Waals surface area contributed by atoms with Crippen LogP contribution in [0, 0.1) is 0 Å². The summed E-state index contributed by atoms with van der Waals surface area (Å²) in [5, 5.41) is 12.6. The van der Waals surface area contributed by atoms with Crippen LogP contribution in [0.1, 0.15) is 43.9 Å². The molecule has 210 valence electrons. The second-order valence-corrected chi connectivity index (χ2v) is 10.8. The Bertz CT molecular complexity index is 1410. The number of hydrogen-bond donors (Lipinski definition) is 1. The van der Waals surface area contributed by atoms with Crippen LogP contribution >= 0.6 is 0 Å². The number of fused-ring (bicyclic) bond motifs is 1. The maximum absolute atomic E-state index is 12.7. The molecule has 3 aromatic rings. The van der Waals surface area contributed by atoms with Crippen molar-refractivity contribution in [1.29, 1.82) is 0 Å². The molecule has 1 amide bonds. The molecule has 2 heterocycles.